The van der Waals surface area contributed by atoms with E-state index in [4.69, 9.17) is 0 Å². The van der Waals surface area contributed by atoms with Crippen molar-refractivity contribution in [1.82, 2.24) is 5.32 Å². The van der Waals surface area contributed by atoms with Crippen molar-refractivity contribution in [3.05, 3.63) is 12.7 Å². The summed E-state index contributed by atoms with van der Waals surface area (Å²) < 4.78 is 0. The van der Waals surface area contributed by atoms with Crippen LogP contribution in [-0.2, 0) is 4.79 Å². The maximum absolute atomic E-state index is 10.4. The Hall–Kier alpha value is -0.630. The first-order valence-corrected chi connectivity index (χ1v) is 4.14. The molecule has 2 heteroatoms. The highest BCUT2D eigenvalue weighted by atomic mass is 16.1. The highest BCUT2D eigenvalue weighted by Gasteiger charge is 2.02. The Kier molecular flexibility index (Phi) is 7.05. The summed E-state index contributed by atoms with van der Waals surface area (Å²) in [5, 5.41) is 3.07. The van der Waals surface area contributed by atoms with Gasteiger partial charge < -0.3 is 10.1 Å². The normalized spacial score (nSPS) is 12.5. The van der Waals surface area contributed by atoms with Gasteiger partial charge in [0.25, 0.3) is 0 Å². The average molecular weight is 155 g/mol. The van der Waals surface area contributed by atoms with Crippen LogP contribution in [0.5, 0.6) is 0 Å². The zero-order valence-electron chi connectivity index (χ0n) is 7.18. The zero-order valence-corrected chi connectivity index (χ0v) is 7.18. The molecule has 11 heavy (non-hydrogen) atoms. The molecule has 0 rings (SSSR count). The van der Waals surface area contributed by atoms with E-state index in [1.165, 1.54) is 0 Å². The molecule has 1 atom stereocenters. The number of rotatable bonds is 7. The topological polar surface area (TPSA) is 29.1 Å². The summed E-state index contributed by atoms with van der Waals surface area (Å²) in [7, 11) is 0. The smallest absolute Gasteiger partial charge is 0.136 e. The number of carbonyl (C=O) groups excluding carboxylic acids is 1. The van der Waals surface area contributed by atoms with Crippen molar-refractivity contribution in [2.24, 2.45) is 0 Å². The van der Waals surface area contributed by atoms with Gasteiger partial charge in [0.15, 0.2) is 0 Å². The zero-order chi connectivity index (χ0) is 8.53. The summed E-state index contributed by atoms with van der Waals surface area (Å²) in [6, 6.07) is 0.0212. The number of carbonyl (C=O) groups is 1. The molecule has 0 fully saturated rings. The second kappa shape index (κ2) is 7.48. The average Bonchev–Trinajstić information content (AvgIpc) is 2.05. The molecule has 1 N–H and O–H groups in total. The van der Waals surface area contributed by atoms with Gasteiger partial charge in [-0.15, -0.1) is 6.58 Å². The lowest BCUT2D eigenvalue weighted by Crippen LogP contribution is -2.30. The Balaban J connectivity index is 3.40. The minimum absolute atomic E-state index is 0.0212. The van der Waals surface area contributed by atoms with Crippen LogP contribution < -0.4 is 5.32 Å². The summed E-state index contributed by atoms with van der Waals surface area (Å²) in [6.07, 6.45) is 5.92. The van der Waals surface area contributed by atoms with Crippen molar-refractivity contribution >= 4 is 6.29 Å². The minimum Gasteiger partial charge on any atom is -0.304 e. The van der Waals surface area contributed by atoms with E-state index in [1.54, 1.807) is 6.08 Å². The SMILES string of the molecule is C=CCN[C@H](C=O)CCCC. The third-order valence-electron chi connectivity index (χ3n) is 1.56. The highest BCUT2D eigenvalue weighted by Crippen LogP contribution is 1.97. The maximum atomic E-state index is 10.4. The van der Waals surface area contributed by atoms with Gasteiger partial charge in [-0.3, -0.25) is 0 Å². The van der Waals surface area contributed by atoms with E-state index >= 15 is 0 Å². The number of hydrogen-bond donors (Lipinski definition) is 1. The molecule has 0 saturated carbocycles. The molecule has 0 aromatic carbocycles. The molecule has 0 aliphatic rings. The van der Waals surface area contributed by atoms with E-state index in [0.29, 0.717) is 6.54 Å². The molecular weight excluding hydrogens is 138 g/mol. The summed E-state index contributed by atoms with van der Waals surface area (Å²) >= 11 is 0. The molecule has 0 spiro atoms. The number of hydrogen-bond acceptors (Lipinski definition) is 2. The van der Waals surface area contributed by atoms with Crippen LogP contribution in [0.3, 0.4) is 0 Å². The summed E-state index contributed by atoms with van der Waals surface area (Å²) in [4.78, 5) is 10.4. The molecule has 0 amide bonds. The van der Waals surface area contributed by atoms with E-state index in [9.17, 15) is 4.79 Å². The highest BCUT2D eigenvalue weighted by molar-refractivity contribution is 5.57. The van der Waals surface area contributed by atoms with E-state index in [0.717, 1.165) is 25.5 Å². The van der Waals surface area contributed by atoms with Crippen LogP contribution in [0, 0.1) is 0 Å². The monoisotopic (exact) mass is 155 g/mol. The van der Waals surface area contributed by atoms with Crippen LogP contribution in [0.2, 0.25) is 0 Å². The molecule has 0 aliphatic carbocycles. The van der Waals surface area contributed by atoms with Crippen LogP contribution in [0.4, 0.5) is 0 Å². The quantitative estimate of drug-likeness (QED) is 0.446. The van der Waals surface area contributed by atoms with Gasteiger partial charge in [0.05, 0.1) is 6.04 Å². The Morgan fingerprint density at radius 3 is 2.82 bits per heavy atom. The molecule has 0 bridgehead atoms. The lowest BCUT2D eigenvalue weighted by Gasteiger charge is -2.09. The van der Waals surface area contributed by atoms with Gasteiger partial charge in [0, 0.05) is 6.54 Å². The molecule has 0 saturated heterocycles. The van der Waals surface area contributed by atoms with Crippen molar-refractivity contribution in [3.63, 3.8) is 0 Å². The standard InChI is InChI=1S/C9H17NO/c1-3-5-6-9(8-11)10-7-4-2/h4,8-10H,2-3,5-7H2,1H3/t9-/m0/s1. The Morgan fingerprint density at radius 2 is 2.36 bits per heavy atom. The summed E-state index contributed by atoms with van der Waals surface area (Å²) in [5.74, 6) is 0. The molecule has 0 radical (unpaired) electrons. The van der Waals surface area contributed by atoms with Crippen LogP contribution >= 0.6 is 0 Å². The fraction of sp³-hybridized carbons (Fsp3) is 0.667. The van der Waals surface area contributed by atoms with Crippen LogP contribution in [0.15, 0.2) is 12.7 Å². The van der Waals surface area contributed by atoms with Crippen molar-refractivity contribution in [3.8, 4) is 0 Å². The predicted octanol–water partition coefficient (Wildman–Crippen LogP) is 1.52. The third-order valence-corrected chi connectivity index (χ3v) is 1.56. The summed E-state index contributed by atoms with van der Waals surface area (Å²) in [5.41, 5.74) is 0. The van der Waals surface area contributed by atoms with Gasteiger partial charge in [-0.05, 0) is 6.42 Å². The Bertz CT molecular complexity index is 112. The lowest BCUT2D eigenvalue weighted by molar-refractivity contribution is -0.109. The fourth-order valence-electron chi connectivity index (χ4n) is 0.877. The molecule has 0 aliphatic heterocycles. The Morgan fingerprint density at radius 1 is 1.64 bits per heavy atom. The second-order valence-electron chi connectivity index (χ2n) is 2.58. The van der Waals surface area contributed by atoms with Crippen molar-refractivity contribution in [2.45, 2.75) is 32.2 Å². The molecular formula is C9H17NO. The van der Waals surface area contributed by atoms with Crippen molar-refractivity contribution < 1.29 is 4.79 Å². The van der Waals surface area contributed by atoms with Gasteiger partial charge in [-0.1, -0.05) is 25.8 Å². The molecule has 0 heterocycles. The Labute approximate surface area is 68.7 Å². The molecule has 64 valence electrons. The largest absolute Gasteiger partial charge is 0.304 e. The molecule has 0 unspecified atom stereocenters. The number of aldehydes is 1. The van der Waals surface area contributed by atoms with Gasteiger partial charge in [-0.2, -0.15) is 0 Å². The number of unbranched alkanes of at least 4 members (excludes halogenated alkanes) is 1. The van der Waals surface area contributed by atoms with Crippen LogP contribution in [-0.4, -0.2) is 18.9 Å². The first-order valence-electron chi connectivity index (χ1n) is 4.14. The van der Waals surface area contributed by atoms with Gasteiger partial charge in [0.2, 0.25) is 0 Å². The molecule has 0 aromatic heterocycles. The van der Waals surface area contributed by atoms with E-state index in [1.807, 2.05) is 0 Å². The van der Waals surface area contributed by atoms with Gasteiger partial charge >= 0.3 is 0 Å². The van der Waals surface area contributed by atoms with E-state index in [-0.39, 0.29) is 6.04 Å². The van der Waals surface area contributed by atoms with E-state index < -0.39 is 0 Å². The fourth-order valence-corrected chi connectivity index (χ4v) is 0.877. The minimum atomic E-state index is 0.0212. The first kappa shape index (κ1) is 10.4. The van der Waals surface area contributed by atoms with Gasteiger partial charge in [0.1, 0.15) is 6.29 Å². The van der Waals surface area contributed by atoms with Crippen molar-refractivity contribution in [1.29, 1.82) is 0 Å². The maximum Gasteiger partial charge on any atom is 0.136 e. The summed E-state index contributed by atoms with van der Waals surface area (Å²) in [6.45, 7) is 6.40. The predicted molar refractivity (Wildman–Crippen MR) is 47.6 cm³/mol. The molecule has 2 nitrogen and oxygen atoms in total. The van der Waals surface area contributed by atoms with E-state index in [2.05, 4.69) is 18.8 Å². The van der Waals surface area contributed by atoms with Crippen molar-refractivity contribution in [2.75, 3.05) is 6.54 Å². The van der Waals surface area contributed by atoms with Gasteiger partial charge in [-0.25, -0.2) is 0 Å². The third kappa shape index (κ3) is 5.80. The lowest BCUT2D eigenvalue weighted by atomic mass is 10.1. The van der Waals surface area contributed by atoms with Crippen LogP contribution in [0.25, 0.3) is 0 Å². The number of nitrogens with one attached hydrogen (secondary N) is 1. The van der Waals surface area contributed by atoms with Crippen LogP contribution in [0.1, 0.15) is 26.2 Å². The first-order chi connectivity index (χ1) is 5.35. The second-order valence-corrected chi connectivity index (χ2v) is 2.58. The molecule has 0 aromatic rings.